The molecule has 0 saturated carbocycles. The third kappa shape index (κ3) is 3.81. The molecule has 0 fully saturated rings. The Balaban J connectivity index is 2.16. The van der Waals surface area contributed by atoms with E-state index in [1.54, 1.807) is 24.5 Å². The summed E-state index contributed by atoms with van der Waals surface area (Å²) in [5, 5.41) is 8.67. The average molecular weight is 326 g/mol. The predicted octanol–water partition coefficient (Wildman–Crippen LogP) is 2.88. The van der Waals surface area contributed by atoms with Crippen LogP contribution in [0, 0.1) is 0 Å². The summed E-state index contributed by atoms with van der Waals surface area (Å²) < 4.78 is 0. The molecule has 5 nitrogen and oxygen atoms in total. The molecule has 2 amide bonds. The topological polar surface area (TPSA) is 69.6 Å². The minimum atomic E-state index is -0.760. The lowest BCUT2D eigenvalue weighted by Gasteiger charge is -2.23. The van der Waals surface area contributed by atoms with E-state index >= 15 is 0 Å². The fourth-order valence-electron chi connectivity index (χ4n) is 2.39. The summed E-state index contributed by atoms with van der Waals surface area (Å²) >= 11 is 0. The SMILES string of the molecule is CCc1ccc(-c2ccc(C(=O)N(C)[C@H](C)C(=O)NO)cc2)cc1. The largest absolute Gasteiger partial charge is 0.330 e. The van der Waals surface area contributed by atoms with Crippen molar-refractivity contribution >= 4 is 11.8 Å². The summed E-state index contributed by atoms with van der Waals surface area (Å²) in [4.78, 5) is 25.1. The van der Waals surface area contributed by atoms with Crippen molar-refractivity contribution in [3.63, 3.8) is 0 Å². The Kier molecular flexibility index (Phi) is 5.71. The molecule has 0 aromatic heterocycles. The van der Waals surface area contributed by atoms with E-state index in [0.717, 1.165) is 17.5 Å². The second-order valence-corrected chi connectivity index (χ2v) is 5.70. The second-order valence-electron chi connectivity index (χ2n) is 5.70. The third-order valence-electron chi connectivity index (χ3n) is 4.22. The van der Waals surface area contributed by atoms with Crippen LogP contribution < -0.4 is 5.48 Å². The van der Waals surface area contributed by atoms with Gasteiger partial charge in [-0.1, -0.05) is 43.3 Å². The molecule has 0 bridgehead atoms. The maximum Gasteiger partial charge on any atom is 0.265 e. The lowest BCUT2D eigenvalue weighted by atomic mass is 10.0. The Morgan fingerprint density at radius 3 is 2.00 bits per heavy atom. The van der Waals surface area contributed by atoms with Crippen molar-refractivity contribution in [2.75, 3.05) is 7.05 Å². The molecule has 0 spiro atoms. The van der Waals surface area contributed by atoms with Crippen molar-refractivity contribution in [2.45, 2.75) is 26.3 Å². The number of nitrogens with one attached hydrogen (secondary N) is 1. The van der Waals surface area contributed by atoms with Crippen LogP contribution in [0.15, 0.2) is 48.5 Å². The number of hydroxylamine groups is 1. The first-order valence-electron chi connectivity index (χ1n) is 7.88. The van der Waals surface area contributed by atoms with Crippen molar-refractivity contribution in [1.29, 1.82) is 0 Å². The fourth-order valence-corrected chi connectivity index (χ4v) is 2.39. The van der Waals surface area contributed by atoms with Gasteiger partial charge in [-0.3, -0.25) is 14.8 Å². The van der Waals surface area contributed by atoms with Crippen molar-refractivity contribution in [2.24, 2.45) is 0 Å². The Bertz CT molecular complexity index is 708. The minimum absolute atomic E-state index is 0.279. The molecule has 0 unspecified atom stereocenters. The van der Waals surface area contributed by atoms with Crippen LogP contribution in [0.3, 0.4) is 0 Å². The summed E-state index contributed by atoms with van der Waals surface area (Å²) in [7, 11) is 1.53. The molecule has 0 radical (unpaired) electrons. The maximum atomic E-state index is 12.4. The van der Waals surface area contributed by atoms with Crippen molar-refractivity contribution in [3.8, 4) is 11.1 Å². The molecule has 0 heterocycles. The molecule has 0 aliphatic heterocycles. The number of hydrogen-bond donors (Lipinski definition) is 2. The van der Waals surface area contributed by atoms with Crippen LogP contribution in [0.4, 0.5) is 0 Å². The van der Waals surface area contributed by atoms with E-state index in [1.807, 2.05) is 12.1 Å². The van der Waals surface area contributed by atoms with Crippen LogP contribution in [0.25, 0.3) is 11.1 Å². The van der Waals surface area contributed by atoms with Crippen LogP contribution in [-0.2, 0) is 11.2 Å². The van der Waals surface area contributed by atoms with Crippen LogP contribution in [-0.4, -0.2) is 35.0 Å². The van der Waals surface area contributed by atoms with Gasteiger partial charge in [-0.15, -0.1) is 0 Å². The lowest BCUT2D eigenvalue weighted by Crippen LogP contribution is -2.45. The molecular formula is C19H22N2O3. The third-order valence-corrected chi connectivity index (χ3v) is 4.22. The number of likely N-dealkylation sites (N-methyl/N-ethyl adjacent to an activating group) is 1. The molecule has 24 heavy (non-hydrogen) atoms. The number of benzene rings is 2. The van der Waals surface area contributed by atoms with Gasteiger partial charge < -0.3 is 4.90 Å². The van der Waals surface area contributed by atoms with E-state index in [-0.39, 0.29) is 5.91 Å². The molecule has 0 saturated heterocycles. The van der Waals surface area contributed by atoms with Gasteiger partial charge in [0.15, 0.2) is 0 Å². The summed E-state index contributed by atoms with van der Waals surface area (Å²) in [6.45, 7) is 3.66. The van der Waals surface area contributed by atoms with Gasteiger partial charge in [0.05, 0.1) is 0 Å². The first-order chi connectivity index (χ1) is 11.5. The molecule has 2 aromatic rings. The molecule has 2 N–H and O–H groups in total. The van der Waals surface area contributed by atoms with Gasteiger partial charge in [0.2, 0.25) is 0 Å². The normalized spacial score (nSPS) is 11.7. The van der Waals surface area contributed by atoms with Crippen LogP contribution in [0.2, 0.25) is 0 Å². The number of rotatable bonds is 5. The molecule has 5 heteroatoms. The standard InChI is InChI=1S/C19H22N2O3/c1-4-14-5-7-15(8-6-14)16-9-11-17(12-10-16)19(23)21(3)13(2)18(22)20-24/h5-13,24H,4H2,1-3H3,(H,20,22)/t13-/m1/s1. The van der Waals surface area contributed by atoms with Gasteiger partial charge in [0.25, 0.3) is 11.8 Å². The number of nitrogens with zero attached hydrogens (tertiary/aromatic N) is 1. The second kappa shape index (κ2) is 7.75. The number of aryl methyl sites for hydroxylation is 1. The Labute approximate surface area is 141 Å². The quantitative estimate of drug-likeness (QED) is 0.656. The van der Waals surface area contributed by atoms with E-state index < -0.39 is 11.9 Å². The minimum Gasteiger partial charge on any atom is -0.330 e. The van der Waals surface area contributed by atoms with Crippen LogP contribution >= 0.6 is 0 Å². The lowest BCUT2D eigenvalue weighted by molar-refractivity contribution is -0.133. The summed E-state index contributed by atoms with van der Waals surface area (Å²) in [5.74, 6) is -0.905. The van der Waals surface area contributed by atoms with Gasteiger partial charge in [0, 0.05) is 12.6 Å². The molecule has 0 aliphatic carbocycles. The molecule has 2 rings (SSSR count). The highest BCUT2D eigenvalue weighted by Gasteiger charge is 2.22. The van der Waals surface area contributed by atoms with Crippen molar-refractivity contribution in [1.82, 2.24) is 10.4 Å². The first-order valence-corrected chi connectivity index (χ1v) is 7.88. The fraction of sp³-hybridized carbons (Fsp3) is 0.263. The van der Waals surface area contributed by atoms with Gasteiger partial charge in [-0.2, -0.15) is 0 Å². The number of carbonyl (C=O) groups is 2. The van der Waals surface area contributed by atoms with E-state index in [0.29, 0.717) is 5.56 Å². The zero-order chi connectivity index (χ0) is 17.7. The Morgan fingerprint density at radius 2 is 1.54 bits per heavy atom. The maximum absolute atomic E-state index is 12.4. The molecular weight excluding hydrogens is 304 g/mol. The van der Waals surface area contributed by atoms with Gasteiger partial charge in [0.1, 0.15) is 6.04 Å². The van der Waals surface area contributed by atoms with E-state index in [4.69, 9.17) is 5.21 Å². The Morgan fingerprint density at radius 1 is 1.04 bits per heavy atom. The molecule has 2 aromatic carbocycles. The molecule has 126 valence electrons. The monoisotopic (exact) mass is 326 g/mol. The highest BCUT2D eigenvalue weighted by Crippen LogP contribution is 2.21. The highest BCUT2D eigenvalue weighted by atomic mass is 16.5. The average Bonchev–Trinajstić information content (AvgIpc) is 2.65. The van der Waals surface area contributed by atoms with Gasteiger partial charge >= 0.3 is 0 Å². The molecule has 0 aliphatic rings. The van der Waals surface area contributed by atoms with E-state index in [1.165, 1.54) is 17.5 Å². The van der Waals surface area contributed by atoms with Crippen LogP contribution in [0.5, 0.6) is 0 Å². The van der Waals surface area contributed by atoms with E-state index in [2.05, 4.69) is 31.2 Å². The van der Waals surface area contributed by atoms with E-state index in [9.17, 15) is 9.59 Å². The summed E-state index contributed by atoms with van der Waals surface area (Å²) in [6.07, 6.45) is 1.000. The van der Waals surface area contributed by atoms with Crippen molar-refractivity contribution < 1.29 is 14.8 Å². The number of amides is 2. The summed E-state index contributed by atoms with van der Waals surface area (Å²) in [5.41, 5.74) is 5.45. The van der Waals surface area contributed by atoms with Crippen LogP contribution in [0.1, 0.15) is 29.8 Å². The number of carbonyl (C=O) groups excluding carboxylic acids is 2. The predicted molar refractivity (Wildman–Crippen MR) is 92.7 cm³/mol. The zero-order valence-corrected chi connectivity index (χ0v) is 14.1. The molecule has 1 atom stereocenters. The van der Waals surface area contributed by atoms with Gasteiger partial charge in [-0.25, -0.2) is 5.48 Å². The Hall–Kier alpha value is -2.66. The number of hydrogen-bond acceptors (Lipinski definition) is 3. The zero-order valence-electron chi connectivity index (χ0n) is 14.1. The summed E-state index contributed by atoms with van der Waals surface area (Å²) in [6, 6.07) is 14.8. The van der Waals surface area contributed by atoms with Crippen molar-refractivity contribution in [3.05, 3.63) is 59.7 Å². The highest BCUT2D eigenvalue weighted by molar-refractivity contribution is 5.97. The van der Waals surface area contributed by atoms with Gasteiger partial charge in [-0.05, 0) is 42.2 Å². The smallest absolute Gasteiger partial charge is 0.265 e. The first kappa shape index (κ1) is 17.7.